The molecule has 2 aromatic carbocycles. The Morgan fingerprint density at radius 2 is 1.55 bits per heavy atom. The molecule has 2 rings (SSSR count). The monoisotopic (exact) mass is 293 g/mol. The Kier molecular flexibility index (Phi) is 4.62. The van der Waals surface area contributed by atoms with Crippen molar-refractivity contribution in [2.45, 2.75) is 25.2 Å². The molecule has 2 aromatic rings. The van der Waals surface area contributed by atoms with Crippen LogP contribution in [0.2, 0.25) is 0 Å². The lowest BCUT2D eigenvalue weighted by atomic mass is 9.62. The fourth-order valence-corrected chi connectivity index (χ4v) is 3.13. The first kappa shape index (κ1) is 15.8. The van der Waals surface area contributed by atoms with Crippen LogP contribution in [0.1, 0.15) is 30.9 Å². The Morgan fingerprint density at radius 3 is 1.95 bits per heavy atom. The van der Waals surface area contributed by atoms with E-state index in [4.69, 9.17) is 0 Å². The van der Waals surface area contributed by atoms with E-state index in [0.29, 0.717) is 5.56 Å². The van der Waals surface area contributed by atoms with Crippen molar-refractivity contribution in [2.75, 3.05) is 0 Å². The summed E-state index contributed by atoms with van der Waals surface area (Å²) in [6.07, 6.45) is 0. The molecule has 0 aliphatic carbocycles. The minimum absolute atomic E-state index is 0.239. The highest BCUT2D eigenvalue weighted by Gasteiger charge is 2.51. The summed E-state index contributed by atoms with van der Waals surface area (Å²) >= 11 is 0. The molecule has 0 spiro atoms. The van der Waals surface area contributed by atoms with Gasteiger partial charge < -0.3 is 5.11 Å². The van der Waals surface area contributed by atoms with Crippen LogP contribution >= 0.6 is 0 Å². The molecule has 0 saturated carbocycles. The lowest BCUT2D eigenvalue weighted by molar-refractivity contribution is -0.146. The SMILES string of the molecule is CC(C)[C@@](C(=O)O)(c1ccccc1)[C@H](C#N)c1ccccc1. The standard InChI is InChI=1S/C19H19NO2/c1-14(2)19(18(21)22,16-11-7-4-8-12-16)17(13-20)15-9-5-3-6-10-15/h3-12,14,17H,1-2H3,(H,21,22)/t17-,19-/m1/s1. The van der Waals surface area contributed by atoms with Gasteiger partial charge >= 0.3 is 5.97 Å². The fourth-order valence-electron chi connectivity index (χ4n) is 3.13. The van der Waals surface area contributed by atoms with E-state index in [1.165, 1.54) is 0 Å². The average molecular weight is 293 g/mol. The quantitative estimate of drug-likeness (QED) is 0.907. The lowest BCUT2D eigenvalue weighted by Crippen LogP contribution is -2.46. The first-order chi connectivity index (χ1) is 10.5. The van der Waals surface area contributed by atoms with E-state index in [0.717, 1.165) is 5.56 Å². The number of aliphatic carboxylic acids is 1. The van der Waals surface area contributed by atoms with Crippen LogP contribution in [0.5, 0.6) is 0 Å². The molecule has 0 aliphatic heterocycles. The molecule has 0 heterocycles. The van der Waals surface area contributed by atoms with E-state index in [1.54, 1.807) is 12.1 Å². The molecule has 1 N–H and O–H groups in total. The number of carbonyl (C=O) groups is 1. The molecule has 0 amide bonds. The van der Waals surface area contributed by atoms with Crippen molar-refractivity contribution in [2.24, 2.45) is 5.92 Å². The van der Waals surface area contributed by atoms with E-state index < -0.39 is 17.3 Å². The van der Waals surface area contributed by atoms with Crippen LogP contribution in [-0.4, -0.2) is 11.1 Å². The van der Waals surface area contributed by atoms with E-state index in [2.05, 4.69) is 6.07 Å². The first-order valence-electron chi connectivity index (χ1n) is 7.28. The van der Waals surface area contributed by atoms with E-state index in [-0.39, 0.29) is 5.92 Å². The molecular weight excluding hydrogens is 274 g/mol. The maximum atomic E-state index is 12.3. The molecule has 112 valence electrons. The maximum Gasteiger partial charge on any atom is 0.316 e. The van der Waals surface area contributed by atoms with Crippen molar-refractivity contribution in [1.29, 1.82) is 5.26 Å². The second kappa shape index (κ2) is 6.44. The Hall–Kier alpha value is -2.60. The van der Waals surface area contributed by atoms with E-state index >= 15 is 0 Å². The summed E-state index contributed by atoms with van der Waals surface area (Å²) < 4.78 is 0. The molecule has 0 fully saturated rings. The Morgan fingerprint density at radius 1 is 1.05 bits per heavy atom. The predicted octanol–water partition coefficient (Wildman–Crippen LogP) is 3.97. The highest BCUT2D eigenvalue weighted by atomic mass is 16.4. The van der Waals surface area contributed by atoms with Crippen LogP contribution in [0, 0.1) is 17.2 Å². The maximum absolute atomic E-state index is 12.3. The van der Waals surface area contributed by atoms with Crippen LogP contribution in [0.25, 0.3) is 0 Å². The summed E-state index contributed by atoms with van der Waals surface area (Å²) in [7, 11) is 0. The molecule has 0 saturated heterocycles. The third-order valence-corrected chi connectivity index (χ3v) is 4.23. The van der Waals surface area contributed by atoms with Crippen molar-refractivity contribution < 1.29 is 9.90 Å². The third-order valence-electron chi connectivity index (χ3n) is 4.23. The molecule has 0 radical (unpaired) electrons. The van der Waals surface area contributed by atoms with Gasteiger partial charge in [-0.05, 0) is 17.0 Å². The number of nitrogens with zero attached hydrogens (tertiary/aromatic N) is 1. The first-order valence-corrected chi connectivity index (χ1v) is 7.28. The van der Waals surface area contributed by atoms with Gasteiger partial charge in [0.25, 0.3) is 0 Å². The number of hydrogen-bond donors (Lipinski definition) is 1. The summed E-state index contributed by atoms with van der Waals surface area (Å²) in [5, 5.41) is 19.8. The second-order valence-electron chi connectivity index (χ2n) is 5.67. The number of hydrogen-bond acceptors (Lipinski definition) is 2. The fraction of sp³-hybridized carbons (Fsp3) is 0.263. The van der Waals surface area contributed by atoms with Crippen LogP contribution in [-0.2, 0) is 10.2 Å². The van der Waals surface area contributed by atoms with Crippen LogP contribution < -0.4 is 0 Å². The highest BCUT2D eigenvalue weighted by molar-refractivity contribution is 5.84. The normalized spacial score (nSPS) is 14.8. The minimum atomic E-state index is -1.28. The zero-order valence-electron chi connectivity index (χ0n) is 12.7. The molecule has 0 unspecified atom stereocenters. The second-order valence-corrected chi connectivity index (χ2v) is 5.67. The number of rotatable bonds is 5. The smallest absolute Gasteiger partial charge is 0.316 e. The van der Waals surface area contributed by atoms with Crippen molar-refractivity contribution in [3.8, 4) is 6.07 Å². The predicted molar refractivity (Wildman–Crippen MR) is 85.4 cm³/mol. The summed E-state index contributed by atoms with van der Waals surface area (Å²) in [5.74, 6) is -1.96. The van der Waals surface area contributed by atoms with Gasteiger partial charge in [-0.25, -0.2) is 0 Å². The molecular formula is C19H19NO2. The van der Waals surface area contributed by atoms with Gasteiger partial charge in [-0.2, -0.15) is 5.26 Å². The van der Waals surface area contributed by atoms with Gasteiger partial charge in [-0.3, -0.25) is 4.79 Å². The van der Waals surface area contributed by atoms with Gasteiger partial charge in [0.05, 0.1) is 12.0 Å². The van der Waals surface area contributed by atoms with Gasteiger partial charge in [0.2, 0.25) is 0 Å². The van der Waals surface area contributed by atoms with Gasteiger partial charge in [-0.15, -0.1) is 0 Å². The van der Waals surface area contributed by atoms with Gasteiger partial charge in [0.15, 0.2) is 0 Å². The van der Waals surface area contributed by atoms with Crippen LogP contribution in [0.3, 0.4) is 0 Å². The molecule has 3 nitrogen and oxygen atoms in total. The number of carboxylic acids is 1. The van der Waals surface area contributed by atoms with E-state index in [1.807, 2.05) is 62.4 Å². The van der Waals surface area contributed by atoms with Crippen molar-refractivity contribution in [3.63, 3.8) is 0 Å². The average Bonchev–Trinajstić information content (AvgIpc) is 2.53. The zero-order valence-corrected chi connectivity index (χ0v) is 12.7. The van der Waals surface area contributed by atoms with Crippen LogP contribution in [0.15, 0.2) is 60.7 Å². The number of nitriles is 1. The molecule has 0 bridgehead atoms. The zero-order chi connectivity index (χ0) is 16.2. The van der Waals surface area contributed by atoms with Crippen molar-refractivity contribution >= 4 is 5.97 Å². The van der Waals surface area contributed by atoms with E-state index in [9.17, 15) is 15.2 Å². The molecule has 22 heavy (non-hydrogen) atoms. The number of carboxylic acid groups (broad SMARTS) is 1. The molecule has 3 heteroatoms. The molecule has 0 aromatic heterocycles. The summed E-state index contributed by atoms with van der Waals surface area (Å²) in [6, 6.07) is 20.5. The molecule has 2 atom stereocenters. The van der Waals surface area contributed by atoms with Crippen LogP contribution in [0.4, 0.5) is 0 Å². The summed E-state index contributed by atoms with van der Waals surface area (Å²) in [4.78, 5) is 12.3. The highest BCUT2D eigenvalue weighted by Crippen LogP contribution is 2.45. The van der Waals surface area contributed by atoms with Gasteiger partial charge in [-0.1, -0.05) is 74.5 Å². The Balaban J connectivity index is 2.73. The largest absolute Gasteiger partial charge is 0.481 e. The lowest BCUT2D eigenvalue weighted by Gasteiger charge is -2.38. The topological polar surface area (TPSA) is 61.1 Å². The number of benzene rings is 2. The van der Waals surface area contributed by atoms with Crippen molar-refractivity contribution in [1.82, 2.24) is 0 Å². The summed E-state index contributed by atoms with van der Waals surface area (Å²) in [5.41, 5.74) is 0.107. The Labute approximate surface area is 130 Å². The van der Waals surface area contributed by atoms with Gasteiger partial charge in [0, 0.05) is 0 Å². The third kappa shape index (κ3) is 2.48. The van der Waals surface area contributed by atoms with Gasteiger partial charge in [0.1, 0.15) is 5.41 Å². The van der Waals surface area contributed by atoms with Crippen molar-refractivity contribution in [3.05, 3.63) is 71.8 Å². The molecule has 0 aliphatic rings. The summed E-state index contributed by atoms with van der Waals surface area (Å²) in [6.45, 7) is 3.71. The minimum Gasteiger partial charge on any atom is -0.481 e. The Bertz CT molecular complexity index is 674.